The lowest BCUT2D eigenvalue weighted by Crippen LogP contribution is -2.16. The number of carbonyl (C=O) groups is 1. The lowest BCUT2D eigenvalue weighted by atomic mass is 10.2. The standard InChI is InChI=1S/C21H18N4O5S/c1-31(27,28)25-14-4-8-16(9-5-14)29-15-6-2-13(3-7-15)20-23-18-11-10-17(30-21(22)26)12-19(18)24-20/h2-12,25H,1H3,(H2,22,26)(H,23,24). The quantitative estimate of drug-likeness (QED) is 0.418. The van der Waals surface area contributed by atoms with Crippen LogP contribution in [0.2, 0.25) is 0 Å². The van der Waals surface area contributed by atoms with Gasteiger partial charge in [0.25, 0.3) is 0 Å². The Morgan fingerprint density at radius 1 is 0.968 bits per heavy atom. The van der Waals surface area contributed by atoms with Gasteiger partial charge in [-0.25, -0.2) is 18.2 Å². The molecule has 1 amide bonds. The van der Waals surface area contributed by atoms with Crippen molar-refractivity contribution in [2.45, 2.75) is 0 Å². The van der Waals surface area contributed by atoms with Crippen LogP contribution in [-0.2, 0) is 10.0 Å². The molecule has 158 valence electrons. The highest BCUT2D eigenvalue weighted by molar-refractivity contribution is 7.92. The normalized spacial score (nSPS) is 11.3. The lowest BCUT2D eigenvalue weighted by molar-refractivity contribution is 0.211. The summed E-state index contributed by atoms with van der Waals surface area (Å²) in [6.07, 6.45) is 0.213. The molecule has 0 saturated carbocycles. The zero-order valence-corrected chi connectivity index (χ0v) is 17.1. The molecule has 1 heterocycles. The third kappa shape index (κ3) is 5.11. The van der Waals surface area contributed by atoms with Crippen molar-refractivity contribution in [3.05, 3.63) is 66.7 Å². The van der Waals surface area contributed by atoms with Gasteiger partial charge in [0.2, 0.25) is 10.0 Å². The van der Waals surface area contributed by atoms with E-state index < -0.39 is 16.1 Å². The first-order valence-corrected chi connectivity index (χ1v) is 11.0. The molecule has 0 aliphatic carbocycles. The van der Waals surface area contributed by atoms with Crippen molar-refractivity contribution >= 4 is 32.8 Å². The number of imidazole rings is 1. The van der Waals surface area contributed by atoms with Crippen LogP contribution in [0, 0.1) is 0 Å². The molecule has 4 N–H and O–H groups in total. The number of nitrogens with one attached hydrogen (secondary N) is 2. The van der Waals surface area contributed by atoms with Crippen LogP contribution in [0.4, 0.5) is 10.5 Å². The average molecular weight is 438 g/mol. The van der Waals surface area contributed by atoms with Gasteiger partial charge in [0.15, 0.2) is 0 Å². The van der Waals surface area contributed by atoms with Gasteiger partial charge in [0.1, 0.15) is 23.1 Å². The van der Waals surface area contributed by atoms with Crippen LogP contribution in [0.15, 0.2) is 66.7 Å². The number of rotatable bonds is 6. The van der Waals surface area contributed by atoms with E-state index in [2.05, 4.69) is 14.7 Å². The van der Waals surface area contributed by atoms with Crippen molar-refractivity contribution in [1.82, 2.24) is 9.97 Å². The van der Waals surface area contributed by atoms with Crippen LogP contribution in [0.3, 0.4) is 0 Å². The van der Waals surface area contributed by atoms with Crippen molar-refractivity contribution in [3.8, 4) is 28.6 Å². The minimum Gasteiger partial charge on any atom is -0.457 e. The number of sulfonamides is 1. The lowest BCUT2D eigenvalue weighted by Gasteiger charge is -2.08. The molecule has 31 heavy (non-hydrogen) atoms. The predicted octanol–water partition coefficient (Wildman–Crippen LogP) is 3.85. The van der Waals surface area contributed by atoms with Gasteiger partial charge >= 0.3 is 6.09 Å². The van der Waals surface area contributed by atoms with Crippen molar-refractivity contribution in [1.29, 1.82) is 0 Å². The maximum absolute atomic E-state index is 11.3. The number of aromatic nitrogens is 2. The van der Waals surface area contributed by atoms with Crippen LogP contribution >= 0.6 is 0 Å². The number of hydrogen-bond donors (Lipinski definition) is 3. The maximum atomic E-state index is 11.3. The van der Waals surface area contributed by atoms with E-state index in [0.717, 1.165) is 17.3 Å². The fourth-order valence-corrected chi connectivity index (χ4v) is 3.49. The van der Waals surface area contributed by atoms with E-state index in [4.69, 9.17) is 15.2 Å². The molecule has 0 spiro atoms. The summed E-state index contributed by atoms with van der Waals surface area (Å²) in [7, 11) is -3.32. The van der Waals surface area contributed by atoms with Crippen LogP contribution in [0.1, 0.15) is 0 Å². The van der Waals surface area contributed by atoms with E-state index >= 15 is 0 Å². The number of nitrogens with zero attached hydrogens (tertiary/aromatic N) is 1. The summed E-state index contributed by atoms with van der Waals surface area (Å²) in [5, 5.41) is 0. The molecule has 0 atom stereocenters. The molecule has 0 aliphatic heterocycles. The van der Waals surface area contributed by atoms with Gasteiger partial charge in [-0.05, 0) is 60.7 Å². The second-order valence-electron chi connectivity index (χ2n) is 6.71. The second kappa shape index (κ2) is 8.00. The number of fused-ring (bicyclic) bond motifs is 1. The van der Waals surface area contributed by atoms with Crippen LogP contribution in [0.25, 0.3) is 22.4 Å². The van der Waals surface area contributed by atoms with Crippen molar-refractivity contribution in [2.75, 3.05) is 11.0 Å². The smallest absolute Gasteiger partial charge is 0.409 e. The Morgan fingerprint density at radius 3 is 2.19 bits per heavy atom. The topological polar surface area (TPSA) is 136 Å². The zero-order valence-electron chi connectivity index (χ0n) is 16.3. The van der Waals surface area contributed by atoms with Gasteiger partial charge in [0.05, 0.1) is 17.3 Å². The number of benzene rings is 3. The molecule has 0 saturated heterocycles. The summed E-state index contributed by atoms with van der Waals surface area (Å²) >= 11 is 0. The number of primary amides is 1. The molecule has 9 nitrogen and oxygen atoms in total. The molecule has 0 unspecified atom stereocenters. The fraction of sp³-hybridized carbons (Fsp3) is 0.0476. The zero-order chi connectivity index (χ0) is 22.0. The number of nitrogens with two attached hydrogens (primary N) is 1. The van der Waals surface area contributed by atoms with E-state index in [9.17, 15) is 13.2 Å². The van der Waals surface area contributed by atoms with E-state index in [1.54, 1.807) is 54.6 Å². The molecule has 0 radical (unpaired) electrons. The van der Waals surface area contributed by atoms with Crippen molar-refractivity contribution in [3.63, 3.8) is 0 Å². The minimum atomic E-state index is -3.32. The first-order valence-electron chi connectivity index (χ1n) is 9.08. The first-order chi connectivity index (χ1) is 14.7. The van der Waals surface area contributed by atoms with Gasteiger partial charge in [-0.15, -0.1) is 0 Å². The Bertz CT molecular complexity index is 1350. The molecule has 4 rings (SSSR count). The molecule has 0 bridgehead atoms. The summed E-state index contributed by atoms with van der Waals surface area (Å²) in [5.41, 5.74) is 7.76. The molecule has 4 aromatic rings. The summed E-state index contributed by atoms with van der Waals surface area (Å²) in [5.74, 6) is 2.16. The fourth-order valence-electron chi connectivity index (χ4n) is 2.93. The van der Waals surface area contributed by atoms with Crippen LogP contribution in [0.5, 0.6) is 17.2 Å². The Balaban J connectivity index is 1.48. The largest absolute Gasteiger partial charge is 0.457 e. The van der Waals surface area contributed by atoms with Crippen LogP contribution in [-0.4, -0.2) is 30.7 Å². The highest BCUT2D eigenvalue weighted by Gasteiger charge is 2.08. The first kappa shape index (κ1) is 20.2. The van der Waals surface area contributed by atoms with Crippen LogP contribution < -0.4 is 19.9 Å². The maximum Gasteiger partial charge on any atom is 0.409 e. The van der Waals surface area contributed by atoms with E-state index in [0.29, 0.717) is 34.3 Å². The van der Waals surface area contributed by atoms with E-state index in [1.165, 1.54) is 0 Å². The molecule has 0 fully saturated rings. The van der Waals surface area contributed by atoms with Crippen molar-refractivity contribution < 1.29 is 22.7 Å². The predicted molar refractivity (Wildman–Crippen MR) is 117 cm³/mol. The molecule has 10 heteroatoms. The Morgan fingerprint density at radius 2 is 1.58 bits per heavy atom. The average Bonchev–Trinajstić information content (AvgIpc) is 3.12. The Kier molecular flexibility index (Phi) is 5.22. The second-order valence-corrected chi connectivity index (χ2v) is 8.46. The number of anilines is 1. The highest BCUT2D eigenvalue weighted by atomic mass is 32.2. The van der Waals surface area contributed by atoms with Gasteiger partial charge in [-0.1, -0.05) is 0 Å². The highest BCUT2D eigenvalue weighted by Crippen LogP contribution is 2.28. The number of H-pyrrole nitrogens is 1. The molecular weight excluding hydrogens is 420 g/mol. The van der Waals surface area contributed by atoms with E-state index in [1.807, 2.05) is 12.1 Å². The van der Waals surface area contributed by atoms with Gasteiger partial charge in [-0.3, -0.25) is 4.72 Å². The third-order valence-electron chi connectivity index (χ3n) is 4.19. The third-order valence-corrected chi connectivity index (χ3v) is 4.80. The number of hydrogen-bond acceptors (Lipinski definition) is 6. The molecule has 3 aromatic carbocycles. The Labute approximate surface area is 177 Å². The molecule has 0 aliphatic rings. The monoisotopic (exact) mass is 438 g/mol. The van der Waals surface area contributed by atoms with Crippen molar-refractivity contribution in [2.24, 2.45) is 5.73 Å². The van der Waals surface area contributed by atoms with Gasteiger partial charge < -0.3 is 20.2 Å². The minimum absolute atomic E-state index is 0.330. The summed E-state index contributed by atoms with van der Waals surface area (Å²) < 4.78 is 35.6. The molecular formula is C21H18N4O5S. The number of carbonyl (C=O) groups excluding carboxylic acids is 1. The SMILES string of the molecule is CS(=O)(=O)Nc1ccc(Oc2ccc(-c3nc4ccc(OC(N)=O)cc4[nH]3)cc2)cc1. The Hall–Kier alpha value is -4.05. The summed E-state index contributed by atoms with van der Waals surface area (Å²) in [6.45, 7) is 0. The summed E-state index contributed by atoms with van der Waals surface area (Å²) in [4.78, 5) is 18.6. The number of ether oxygens (including phenoxy) is 2. The van der Waals surface area contributed by atoms with Gasteiger partial charge in [-0.2, -0.15) is 0 Å². The summed E-state index contributed by atoms with van der Waals surface area (Å²) in [6, 6.07) is 18.9. The van der Waals surface area contributed by atoms with Gasteiger partial charge in [0, 0.05) is 17.3 Å². The van der Waals surface area contributed by atoms with E-state index in [-0.39, 0.29) is 0 Å². The number of amides is 1. The number of aromatic amines is 1. The molecule has 1 aromatic heterocycles.